The van der Waals surface area contributed by atoms with Crippen LogP contribution in [-0.4, -0.2) is 23.5 Å². The van der Waals surface area contributed by atoms with Gasteiger partial charge >= 0.3 is 5.97 Å². The number of methoxy groups -OCH3 is 1. The molecule has 0 atom stereocenters. The molecule has 4 nitrogen and oxygen atoms in total. The van der Waals surface area contributed by atoms with Gasteiger partial charge in [0.15, 0.2) is 0 Å². The van der Waals surface area contributed by atoms with E-state index in [0.29, 0.717) is 10.4 Å². The fourth-order valence-electron chi connectivity index (χ4n) is 0.988. The Bertz CT molecular complexity index is 357. The first-order valence-electron chi connectivity index (χ1n) is 4.11. The lowest BCUT2D eigenvalue weighted by molar-refractivity contribution is -0.361. The summed E-state index contributed by atoms with van der Waals surface area (Å²) in [6.45, 7) is 1.42. The van der Waals surface area contributed by atoms with E-state index in [9.17, 15) is 10.0 Å². The fourth-order valence-corrected chi connectivity index (χ4v) is 0.988. The maximum absolute atomic E-state index is 11.5. The minimum atomic E-state index is -0.621. The highest BCUT2D eigenvalue weighted by atomic mass is 16.5. The zero-order valence-corrected chi connectivity index (χ0v) is 8.06. The van der Waals surface area contributed by atoms with Gasteiger partial charge in [-0.15, -0.1) is 0 Å². The Labute approximate surface area is 82.0 Å². The average molecular weight is 193 g/mol. The first kappa shape index (κ1) is 10.2. The Hall–Kier alpha value is -1.84. The van der Waals surface area contributed by atoms with Crippen LogP contribution in [0, 0.1) is 5.21 Å². The van der Waals surface area contributed by atoms with E-state index in [1.165, 1.54) is 14.0 Å². The Morgan fingerprint density at radius 2 is 1.93 bits per heavy atom. The maximum Gasteiger partial charge on any atom is 0.399 e. The highest BCUT2D eigenvalue weighted by molar-refractivity contribution is 6.33. The van der Waals surface area contributed by atoms with Gasteiger partial charge in [0.1, 0.15) is 0 Å². The van der Waals surface area contributed by atoms with Crippen LogP contribution in [0.1, 0.15) is 6.92 Å². The van der Waals surface area contributed by atoms with E-state index >= 15 is 0 Å². The predicted molar refractivity (Wildman–Crippen MR) is 52.4 cm³/mol. The van der Waals surface area contributed by atoms with Gasteiger partial charge in [0.25, 0.3) is 5.71 Å². The van der Waals surface area contributed by atoms with Gasteiger partial charge in [-0.05, 0) is 0 Å². The second kappa shape index (κ2) is 4.41. The lowest BCUT2D eigenvalue weighted by Crippen LogP contribution is -2.20. The van der Waals surface area contributed by atoms with Gasteiger partial charge in [0, 0.05) is 19.1 Å². The molecule has 0 aromatic heterocycles. The normalized spacial score (nSPS) is 11.9. The summed E-state index contributed by atoms with van der Waals surface area (Å²) in [6, 6.07) is 8.50. The molecule has 0 unspecified atom stereocenters. The molecule has 0 amide bonds. The third kappa shape index (κ3) is 2.10. The molecule has 0 radical (unpaired) electrons. The Balaban J connectivity index is 3.05. The number of esters is 1. The number of para-hydroxylation sites is 1. The van der Waals surface area contributed by atoms with Crippen LogP contribution in [0.25, 0.3) is 0 Å². The van der Waals surface area contributed by atoms with Crippen LogP contribution in [0.15, 0.2) is 30.3 Å². The highest BCUT2D eigenvalue weighted by Gasteiger charge is 2.15. The van der Waals surface area contributed by atoms with Crippen molar-refractivity contribution in [1.29, 1.82) is 0 Å². The molecule has 0 fully saturated rings. The zero-order valence-electron chi connectivity index (χ0n) is 8.06. The topological polar surface area (TPSA) is 52.4 Å². The second-order valence-electron chi connectivity index (χ2n) is 2.71. The summed E-state index contributed by atoms with van der Waals surface area (Å²) in [5.41, 5.74) is 0.425. The summed E-state index contributed by atoms with van der Waals surface area (Å²) in [7, 11) is 1.24. The third-order valence-electron chi connectivity index (χ3n) is 1.78. The number of benzene rings is 1. The molecule has 0 saturated heterocycles. The minimum absolute atomic E-state index is 0.0127. The maximum atomic E-state index is 11.5. The fraction of sp³-hybridized carbons (Fsp3) is 0.200. The molecule has 74 valence electrons. The molecule has 0 heterocycles. The van der Waals surface area contributed by atoms with Gasteiger partial charge in [-0.25, -0.2) is 4.79 Å². The Morgan fingerprint density at radius 1 is 1.36 bits per heavy atom. The summed E-state index contributed by atoms with van der Waals surface area (Å²) in [4.78, 5) is 11.0. The number of hydrogen-bond donors (Lipinski definition) is 0. The quantitative estimate of drug-likeness (QED) is 0.235. The minimum Gasteiger partial charge on any atom is -0.618 e. The molecule has 1 rings (SSSR count). The summed E-state index contributed by atoms with van der Waals surface area (Å²) < 4.78 is 4.98. The first-order chi connectivity index (χ1) is 6.66. The number of carbonyl (C=O) groups excluding carboxylic acids is 1. The van der Waals surface area contributed by atoms with E-state index < -0.39 is 5.97 Å². The van der Waals surface area contributed by atoms with Crippen molar-refractivity contribution in [1.82, 2.24) is 0 Å². The molecule has 14 heavy (non-hydrogen) atoms. The number of ether oxygens (including phenoxy) is 1. The van der Waals surface area contributed by atoms with Crippen molar-refractivity contribution in [2.45, 2.75) is 6.92 Å². The lowest BCUT2D eigenvalue weighted by Gasteiger charge is -2.05. The van der Waals surface area contributed by atoms with Crippen LogP contribution in [0.2, 0.25) is 0 Å². The SMILES string of the molecule is COC(=O)/C(C)=[N+](\[O-])c1ccccc1. The van der Waals surface area contributed by atoms with E-state index in [1.54, 1.807) is 30.3 Å². The summed E-state index contributed by atoms with van der Waals surface area (Å²) in [5.74, 6) is -0.621. The number of nitrogens with zero attached hydrogens (tertiary/aromatic N) is 1. The molecule has 0 N–H and O–H groups in total. The summed E-state index contributed by atoms with van der Waals surface area (Å²) in [5, 5.41) is 11.5. The van der Waals surface area contributed by atoms with Gasteiger partial charge in [-0.3, -0.25) is 0 Å². The van der Waals surface area contributed by atoms with E-state index in [2.05, 4.69) is 4.74 Å². The second-order valence-corrected chi connectivity index (χ2v) is 2.71. The molecule has 0 aliphatic carbocycles. The van der Waals surface area contributed by atoms with E-state index in [4.69, 9.17) is 0 Å². The van der Waals surface area contributed by atoms with Crippen molar-refractivity contribution < 1.29 is 14.3 Å². The lowest BCUT2D eigenvalue weighted by atomic mass is 10.3. The molecule has 4 heteroatoms. The average Bonchev–Trinajstić information content (AvgIpc) is 2.27. The van der Waals surface area contributed by atoms with Gasteiger partial charge in [-0.1, -0.05) is 18.2 Å². The van der Waals surface area contributed by atoms with Crippen LogP contribution in [0.3, 0.4) is 0 Å². The van der Waals surface area contributed by atoms with E-state index in [-0.39, 0.29) is 5.71 Å². The number of hydrogen-bond acceptors (Lipinski definition) is 3. The van der Waals surface area contributed by atoms with Crippen LogP contribution >= 0.6 is 0 Å². The van der Waals surface area contributed by atoms with E-state index in [0.717, 1.165) is 0 Å². The van der Waals surface area contributed by atoms with Crippen molar-refractivity contribution in [3.8, 4) is 0 Å². The monoisotopic (exact) mass is 193 g/mol. The Morgan fingerprint density at radius 3 is 2.43 bits per heavy atom. The third-order valence-corrected chi connectivity index (χ3v) is 1.78. The zero-order chi connectivity index (χ0) is 10.6. The largest absolute Gasteiger partial charge is 0.618 e. The molecule has 0 saturated carbocycles. The van der Waals surface area contributed by atoms with Gasteiger partial charge < -0.3 is 9.94 Å². The molecule has 0 spiro atoms. The van der Waals surface area contributed by atoms with Gasteiger partial charge in [0.2, 0.25) is 5.69 Å². The van der Waals surface area contributed by atoms with Crippen molar-refractivity contribution in [2.24, 2.45) is 0 Å². The van der Waals surface area contributed by atoms with Crippen molar-refractivity contribution >= 4 is 17.4 Å². The van der Waals surface area contributed by atoms with Crippen LogP contribution in [0.4, 0.5) is 5.69 Å². The molecule has 0 aliphatic heterocycles. The molecule has 1 aromatic rings. The Kier molecular flexibility index (Phi) is 3.23. The van der Waals surface area contributed by atoms with Gasteiger partial charge in [0.05, 0.1) is 7.11 Å². The standard InChI is InChI=1S/C10H11NO3/c1-8(10(12)14-2)11(13)9-6-4-3-5-7-9/h3-7H,1-2H3/b11-8-. The smallest absolute Gasteiger partial charge is 0.399 e. The van der Waals surface area contributed by atoms with Crippen LogP contribution in [0.5, 0.6) is 0 Å². The summed E-state index contributed by atoms with van der Waals surface area (Å²) in [6.07, 6.45) is 0. The first-order valence-corrected chi connectivity index (χ1v) is 4.11. The van der Waals surface area contributed by atoms with Crippen molar-refractivity contribution in [3.63, 3.8) is 0 Å². The van der Waals surface area contributed by atoms with Gasteiger partial charge in [-0.2, -0.15) is 4.74 Å². The molecule has 1 aromatic carbocycles. The van der Waals surface area contributed by atoms with Crippen molar-refractivity contribution in [3.05, 3.63) is 35.5 Å². The molecular weight excluding hydrogens is 182 g/mol. The highest BCUT2D eigenvalue weighted by Crippen LogP contribution is 2.09. The van der Waals surface area contributed by atoms with E-state index in [1.807, 2.05) is 0 Å². The number of rotatable bonds is 2. The number of carbonyl (C=O) groups is 1. The van der Waals surface area contributed by atoms with Crippen LogP contribution in [-0.2, 0) is 9.53 Å². The van der Waals surface area contributed by atoms with Crippen LogP contribution < -0.4 is 0 Å². The molecule has 0 bridgehead atoms. The molecule has 0 aliphatic rings. The predicted octanol–water partition coefficient (Wildman–Crippen LogP) is 1.46. The summed E-state index contributed by atoms with van der Waals surface area (Å²) >= 11 is 0. The molecular formula is C10H11NO3. The van der Waals surface area contributed by atoms with Crippen molar-refractivity contribution in [2.75, 3.05) is 7.11 Å².